The summed E-state index contributed by atoms with van der Waals surface area (Å²) in [6.07, 6.45) is 4.30. The number of amides is 3. The highest BCUT2D eigenvalue weighted by molar-refractivity contribution is 5.99. The highest BCUT2D eigenvalue weighted by Gasteiger charge is 2.20. The molecule has 8 heteroatoms. The maximum absolute atomic E-state index is 12.8. The van der Waals surface area contributed by atoms with Gasteiger partial charge in [0.2, 0.25) is 0 Å². The minimum Gasteiger partial charge on any atom is -0.497 e. The quantitative estimate of drug-likeness (QED) is 0.570. The molecule has 3 amide bonds. The molecule has 2 aliphatic heterocycles. The predicted molar refractivity (Wildman–Crippen MR) is 128 cm³/mol. The van der Waals surface area contributed by atoms with Crippen LogP contribution < -0.4 is 25.6 Å². The lowest BCUT2D eigenvalue weighted by Crippen LogP contribution is -2.35. The maximum atomic E-state index is 12.8. The Morgan fingerprint density at radius 3 is 2.55 bits per heavy atom. The smallest absolute Gasteiger partial charge is 0.319 e. The van der Waals surface area contributed by atoms with Gasteiger partial charge in [-0.05, 0) is 61.6 Å². The Balaban J connectivity index is 1.42. The topological polar surface area (TPSA) is 91.9 Å². The number of nitrogens with zero attached hydrogens (tertiary/aromatic N) is 1. The number of urea groups is 1. The summed E-state index contributed by atoms with van der Waals surface area (Å²) in [5.41, 5.74) is 3.05. The van der Waals surface area contributed by atoms with Gasteiger partial charge in [-0.3, -0.25) is 4.79 Å². The number of nitrogens with one attached hydrogen (secondary N) is 3. The van der Waals surface area contributed by atoms with Gasteiger partial charge in [0, 0.05) is 38.3 Å². The summed E-state index contributed by atoms with van der Waals surface area (Å²) in [5.74, 6) is 0.581. The summed E-state index contributed by atoms with van der Waals surface area (Å²) in [4.78, 5) is 27.6. The van der Waals surface area contributed by atoms with E-state index in [4.69, 9.17) is 9.47 Å². The molecule has 0 unspecified atom stereocenters. The van der Waals surface area contributed by atoms with Crippen molar-refractivity contribution >= 4 is 23.3 Å². The van der Waals surface area contributed by atoms with E-state index in [-0.39, 0.29) is 18.0 Å². The molecule has 0 spiro atoms. The van der Waals surface area contributed by atoms with E-state index >= 15 is 0 Å². The fourth-order valence-electron chi connectivity index (χ4n) is 4.22. The van der Waals surface area contributed by atoms with E-state index < -0.39 is 0 Å². The fraction of sp³-hybridized carbons (Fsp3) is 0.440. The summed E-state index contributed by atoms with van der Waals surface area (Å²) >= 11 is 0. The van der Waals surface area contributed by atoms with Crippen molar-refractivity contribution < 1.29 is 19.1 Å². The molecule has 0 aliphatic carbocycles. The van der Waals surface area contributed by atoms with E-state index in [1.807, 2.05) is 36.4 Å². The van der Waals surface area contributed by atoms with Crippen molar-refractivity contribution in [3.05, 3.63) is 53.6 Å². The first kappa shape index (κ1) is 22.9. The zero-order valence-electron chi connectivity index (χ0n) is 19.1. The molecule has 176 valence electrons. The van der Waals surface area contributed by atoms with Gasteiger partial charge in [0.25, 0.3) is 5.91 Å². The average molecular weight is 453 g/mol. The van der Waals surface area contributed by atoms with Gasteiger partial charge >= 0.3 is 6.03 Å². The third-order valence-corrected chi connectivity index (χ3v) is 6.08. The van der Waals surface area contributed by atoms with Gasteiger partial charge in [-0.1, -0.05) is 12.1 Å². The van der Waals surface area contributed by atoms with Crippen LogP contribution in [0.3, 0.4) is 0 Å². The molecule has 4 rings (SSSR count). The van der Waals surface area contributed by atoms with Crippen LogP contribution in [0.25, 0.3) is 0 Å². The van der Waals surface area contributed by atoms with Gasteiger partial charge in [-0.2, -0.15) is 0 Å². The van der Waals surface area contributed by atoms with Crippen LogP contribution in [0.5, 0.6) is 5.75 Å². The van der Waals surface area contributed by atoms with Gasteiger partial charge in [-0.25, -0.2) is 4.79 Å². The first-order chi connectivity index (χ1) is 16.1. The van der Waals surface area contributed by atoms with E-state index in [1.54, 1.807) is 13.2 Å². The molecule has 1 atom stereocenters. The normalized spacial score (nSPS) is 17.6. The fourth-order valence-corrected chi connectivity index (χ4v) is 4.22. The van der Waals surface area contributed by atoms with Crippen molar-refractivity contribution in [2.45, 2.75) is 38.3 Å². The second-order valence-electron chi connectivity index (χ2n) is 8.43. The minimum atomic E-state index is -0.290. The summed E-state index contributed by atoms with van der Waals surface area (Å²) in [6.45, 7) is 3.51. The summed E-state index contributed by atoms with van der Waals surface area (Å²) in [7, 11) is 1.62. The molecule has 0 saturated carbocycles. The van der Waals surface area contributed by atoms with E-state index in [0.29, 0.717) is 24.3 Å². The minimum absolute atomic E-state index is 0.0730. The summed E-state index contributed by atoms with van der Waals surface area (Å²) in [5, 5.41) is 8.79. The lowest BCUT2D eigenvalue weighted by Gasteiger charge is -2.22. The largest absolute Gasteiger partial charge is 0.497 e. The first-order valence-corrected chi connectivity index (χ1v) is 11.6. The lowest BCUT2D eigenvalue weighted by atomic mass is 10.1. The van der Waals surface area contributed by atoms with Crippen molar-refractivity contribution in [2.75, 3.05) is 43.6 Å². The number of hydrogen-bond donors (Lipinski definition) is 3. The standard InChI is InChI=1S/C25H32N4O4/c1-32-20-9-6-18(7-10-20)16-26-24(30)19-8-11-23(29-12-2-3-13-29)22(15-19)28-25(31)27-17-21-5-4-14-33-21/h6-11,15,21H,2-5,12-14,16-17H2,1H3,(H,26,30)(H2,27,28,31)/t21-/m1/s1. The molecule has 2 aromatic rings. The maximum Gasteiger partial charge on any atom is 0.319 e. The van der Waals surface area contributed by atoms with Crippen LogP contribution in [-0.4, -0.2) is 51.4 Å². The van der Waals surface area contributed by atoms with Gasteiger partial charge in [0.15, 0.2) is 0 Å². The molecule has 0 bridgehead atoms. The number of benzene rings is 2. The molecule has 2 aliphatic rings. The van der Waals surface area contributed by atoms with Gasteiger partial charge in [0.05, 0.1) is 24.6 Å². The molecule has 0 aromatic heterocycles. The summed E-state index contributed by atoms with van der Waals surface area (Å²) < 4.78 is 10.7. The molecule has 2 heterocycles. The zero-order chi connectivity index (χ0) is 23.0. The highest BCUT2D eigenvalue weighted by atomic mass is 16.5. The Labute approximate surface area is 194 Å². The van der Waals surface area contributed by atoms with Crippen molar-refractivity contribution in [1.29, 1.82) is 0 Å². The van der Waals surface area contributed by atoms with Crippen LogP contribution in [0.2, 0.25) is 0 Å². The molecule has 3 N–H and O–H groups in total. The monoisotopic (exact) mass is 452 g/mol. The first-order valence-electron chi connectivity index (χ1n) is 11.6. The Morgan fingerprint density at radius 2 is 1.85 bits per heavy atom. The number of ether oxygens (including phenoxy) is 2. The highest BCUT2D eigenvalue weighted by Crippen LogP contribution is 2.30. The molecule has 2 saturated heterocycles. The molecule has 33 heavy (non-hydrogen) atoms. The molecule has 8 nitrogen and oxygen atoms in total. The Kier molecular flexibility index (Phi) is 7.67. The zero-order valence-corrected chi connectivity index (χ0v) is 19.1. The molecule has 0 radical (unpaired) electrons. The van der Waals surface area contributed by atoms with E-state index in [9.17, 15) is 9.59 Å². The number of carbonyl (C=O) groups excluding carboxylic acids is 2. The second-order valence-corrected chi connectivity index (χ2v) is 8.43. The van der Waals surface area contributed by atoms with Gasteiger partial charge < -0.3 is 30.3 Å². The van der Waals surface area contributed by atoms with E-state index in [0.717, 1.165) is 62.4 Å². The van der Waals surface area contributed by atoms with Crippen LogP contribution in [0.15, 0.2) is 42.5 Å². The average Bonchev–Trinajstić information content (AvgIpc) is 3.56. The van der Waals surface area contributed by atoms with Crippen LogP contribution in [0.4, 0.5) is 16.2 Å². The molecular formula is C25H32N4O4. The van der Waals surface area contributed by atoms with Crippen molar-refractivity contribution in [3.8, 4) is 5.75 Å². The predicted octanol–water partition coefficient (Wildman–Crippen LogP) is 3.53. The van der Waals surface area contributed by atoms with Crippen LogP contribution in [-0.2, 0) is 11.3 Å². The number of anilines is 2. The molecule has 2 aromatic carbocycles. The number of hydrogen-bond acceptors (Lipinski definition) is 5. The van der Waals surface area contributed by atoms with Crippen LogP contribution >= 0.6 is 0 Å². The van der Waals surface area contributed by atoms with Crippen molar-refractivity contribution in [2.24, 2.45) is 0 Å². The summed E-state index contributed by atoms with van der Waals surface area (Å²) in [6, 6.07) is 12.8. The van der Waals surface area contributed by atoms with Crippen molar-refractivity contribution in [3.63, 3.8) is 0 Å². The van der Waals surface area contributed by atoms with Gasteiger partial charge in [-0.15, -0.1) is 0 Å². The number of rotatable bonds is 8. The van der Waals surface area contributed by atoms with E-state index in [1.165, 1.54) is 0 Å². The van der Waals surface area contributed by atoms with Crippen LogP contribution in [0.1, 0.15) is 41.6 Å². The second kappa shape index (κ2) is 11.0. The van der Waals surface area contributed by atoms with Crippen molar-refractivity contribution in [1.82, 2.24) is 10.6 Å². The Morgan fingerprint density at radius 1 is 1.06 bits per heavy atom. The number of carbonyl (C=O) groups is 2. The number of methoxy groups -OCH3 is 1. The Hall–Kier alpha value is -3.26. The SMILES string of the molecule is COc1ccc(CNC(=O)c2ccc(N3CCCC3)c(NC(=O)NC[C@H]3CCCO3)c2)cc1. The third kappa shape index (κ3) is 6.16. The van der Waals surface area contributed by atoms with Crippen LogP contribution in [0, 0.1) is 0 Å². The molecular weight excluding hydrogens is 420 g/mol. The Bertz CT molecular complexity index is 951. The third-order valence-electron chi connectivity index (χ3n) is 6.08. The van der Waals surface area contributed by atoms with Gasteiger partial charge in [0.1, 0.15) is 5.75 Å². The lowest BCUT2D eigenvalue weighted by molar-refractivity contribution is 0.0951. The molecule has 2 fully saturated rings. The van der Waals surface area contributed by atoms with E-state index in [2.05, 4.69) is 20.9 Å².